The van der Waals surface area contributed by atoms with Crippen molar-refractivity contribution in [3.05, 3.63) is 53.1 Å². The second kappa shape index (κ2) is 8.33. The standard InChI is InChI=1S/C22H27NO4/c1-15-10-16(2)12-18(11-15)27-14-22(24)23-9-5-6-20(23)19-13-17(25-3)7-8-21(19)26-4/h7-8,10-13,20H,5-6,9,14H2,1-4H3. The van der Waals surface area contributed by atoms with Crippen LogP contribution in [0.1, 0.15) is 35.6 Å². The fourth-order valence-corrected chi connectivity index (χ4v) is 3.73. The molecule has 1 heterocycles. The molecule has 0 radical (unpaired) electrons. The molecule has 0 saturated carbocycles. The maximum Gasteiger partial charge on any atom is 0.261 e. The SMILES string of the molecule is COc1ccc(OC)c(C2CCCN2C(=O)COc2cc(C)cc(C)c2)c1. The molecule has 0 bridgehead atoms. The highest BCUT2D eigenvalue weighted by atomic mass is 16.5. The summed E-state index contributed by atoms with van der Waals surface area (Å²) >= 11 is 0. The molecule has 1 aliphatic rings. The Morgan fingerprint density at radius 1 is 1.04 bits per heavy atom. The number of likely N-dealkylation sites (tertiary alicyclic amines) is 1. The van der Waals surface area contributed by atoms with Gasteiger partial charge in [-0.3, -0.25) is 4.79 Å². The van der Waals surface area contributed by atoms with E-state index >= 15 is 0 Å². The number of aryl methyl sites for hydroxylation is 2. The highest BCUT2D eigenvalue weighted by molar-refractivity contribution is 5.78. The van der Waals surface area contributed by atoms with E-state index in [1.54, 1.807) is 14.2 Å². The molecule has 2 aromatic carbocycles. The Balaban J connectivity index is 1.75. The number of carbonyl (C=O) groups excluding carboxylic acids is 1. The lowest BCUT2D eigenvalue weighted by atomic mass is 10.0. The number of ether oxygens (including phenoxy) is 3. The molecule has 1 fully saturated rings. The van der Waals surface area contributed by atoms with Crippen LogP contribution in [0.2, 0.25) is 0 Å². The zero-order valence-corrected chi connectivity index (χ0v) is 16.5. The van der Waals surface area contributed by atoms with Gasteiger partial charge >= 0.3 is 0 Å². The minimum Gasteiger partial charge on any atom is -0.497 e. The Kier molecular flexibility index (Phi) is 5.89. The van der Waals surface area contributed by atoms with E-state index in [9.17, 15) is 4.79 Å². The number of methoxy groups -OCH3 is 2. The lowest BCUT2D eigenvalue weighted by molar-refractivity contribution is -0.134. The van der Waals surface area contributed by atoms with Crippen LogP contribution in [0.5, 0.6) is 17.2 Å². The van der Waals surface area contributed by atoms with Crippen LogP contribution < -0.4 is 14.2 Å². The van der Waals surface area contributed by atoms with Crippen LogP contribution in [0.25, 0.3) is 0 Å². The largest absolute Gasteiger partial charge is 0.497 e. The molecule has 0 aromatic heterocycles. The number of amides is 1. The first-order valence-corrected chi connectivity index (χ1v) is 9.24. The maximum absolute atomic E-state index is 12.9. The molecule has 1 saturated heterocycles. The lowest BCUT2D eigenvalue weighted by Crippen LogP contribution is -2.34. The zero-order valence-electron chi connectivity index (χ0n) is 16.5. The third kappa shape index (κ3) is 4.35. The van der Waals surface area contributed by atoms with E-state index in [0.29, 0.717) is 0 Å². The molecule has 3 rings (SSSR count). The minimum absolute atomic E-state index is 0.0125. The van der Waals surface area contributed by atoms with Gasteiger partial charge in [0.05, 0.1) is 20.3 Å². The molecule has 0 N–H and O–H groups in total. The fraction of sp³-hybridized carbons (Fsp3) is 0.409. The Bertz CT molecular complexity index is 798. The van der Waals surface area contributed by atoms with E-state index in [2.05, 4.69) is 6.07 Å². The highest BCUT2D eigenvalue weighted by Crippen LogP contribution is 2.39. The summed E-state index contributed by atoms with van der Waals surface area (Å²) in [6.45, 7) is 4.80. The van der Waals surface area contributed by atoms with Gasteiger partial charge in [-0.15, -0.1) is 0 Å². The molecule has 1 unspecified atom stereocenters. The van der Waals surface area contributed by atoms with Gasteiger partial charge in [-0.1, -0.05) is 6.07 Å². The van der Waals surface area contributed by atoms with Crippen LogP contribution in [0, 0.1) is 13.8 Å². The Labute approximate surface area is 160 Å². The molecule has 0 spiro atoms. The quantitative estimate of drug-likeness (QED) is 0.770. The van der Waals surface area contributed by atoms with Crippen molar-refractivity contribution in [2.45, 2.75) is 32.7 Å². The van der Waals surface area contributed by atoms with Crippen LogP contribution in [0.15, 0.2) is 36.4 Å². The summed E-state index contributed by atoms with van der Waals surface area (Å²) in [7, 11) is 3.29. The maximum atomic E-state index is 12.9. The average molecular weight is 369 g/mol. The van der Waals surface area contributed by atoms with Gasteiger partial charge in [-0.05, 0) is 68.1 Å². The molecule has 1 aliphatic heterocycles. The molecule has 27 heavy (non-hydrogen) atoms. The average Bonchev–Trinajstić information content (AvgIpc) is 3.14. The van der Waals surface area contributed by atoms with E-state index < -0.39 is 0 Å². The second-order valence-electron chi connectivity index (χ2n) is 6.97. The third-order valence-electron chi connectivity index (χ3n) is 4.93. The van der Waals surface area contributed by atoms with Gasteiger partial charge in [0.25, 0.3) is 5.91 Å². The molecule has 0 aliphatic carbocycles. The minimum atomic E-state index is -0.0228. The summed E-state index contributed by atoms with van der Waals surface area (Å²) in [5, 5.41) is 0. The first-order chi connectivity index (χ1) is 13.0. The van der Waals surface area contributed by atoms with E-state index in [0.717, 1.165) is 53.3 Å². The van der Waals surface area contributed by atoms with E-state index in [1.165, 1.54) is 0 Å². The van der Waals surface area contributed by atoms with E-state index in [4.69, 9.17) is 14.2 Å². The van der Waals surface area contributed by atoms with Crippen molar-refractivity contribution < 1.29 is 19.0 Å². The van der Waals surface area contributed by atoms with Crippen molar-refractivity contribution in [2.75, 3.05) is 27.4 Å². The van der Waals surface area contributed by atoms with Crippen LogP contribution in [-0.4, -0.2) is 38.2 Å². The molecule has 2 aromatic rings. The first-order valence-electron chi connectivity index (χ1n) is 9.24. The van der Waals surface area contributed by atoms with Gasteiger partial charge in [0.1, 0.15) is 17.2 Å². The lowest BCUT2D eigenvalue weighted by Gasteiger charge is -2.26. The molecule has 5 heteroatoms. The van der Waals surface area contributed by atoms with Crippen LogP contribution in [0.4, 0.5) is 0 Å². The van der Waals surface area contributed by atoms with Crippen LogP contribution in [0.3, 0.4) is 0 Å². The highest BCUT2D eigenvalue weighted by Gasteiger charge is 2.32. The van der Waals surface area contributed by atoms with Gasteiger partial charge in [-0.25, -0.2) is 0 Å². The van der Waals surface area contributed by atoms with Crippen molar-refractivity contribution in [3.63, 3.8) is 0 Å². The number of hydrogen-bond donors (Lipinski definition) is 0. The summed E-state index contributed by atoms with van der Waals surface area (Å²) in [6, 6.07) is 11.7. The number of carbonyl (C=O) groups is 1. The van der Waals surface area contributed by atoms with Crippen molar-refractivity contribution in [3.8, 4) is 17.2 Å². The van der Waals surface area contributed by atoms with Crippen molar-refractivity contribution in [1.82, 2.24) is 4.90 Å². The summed E-state index contributed by atoms with van der Waals surface area (Å²) in [6.07, 6.45) is 1.86. The number of nitrogens with zero attached hydrogens (tertiary/aromatic N) is 1. The van der Waals surface area contributed by atoms with Crippen molar-refractivity contribution in [1.29, 1.82) is 0 Å². The number of hydrogen-bond acceptors (Lipinski definition) is 4. The van der Waals surface area contributed by atoms with Crippen LogP contribution >= 0.6 is 0 Å². The van der Waals surface area contributed by atoms with Crippen molar-refractivity contribution >= 4 is 5.91 Å². The van der Waals surface area contributed by atoms with E-state index in [1.807, 2.05) is 49.1 Å². The molecular formula is C22H27NO4. The predicted molar refractivity (Wildman–Crippen MR) is 105 cm³/mol. The monoisotopic (exact) mass is 369 g/mol. The Morgan fingerprint density at radius 3 is 2.44 bits per heavy atom. The molecule has 1 atom stereocenters. The van der Waals surface area contributed by atoms with Gasteiger partial charge in [0.15, 0.2) is 6.61 Å². The first kappa shape index (κ1) is 19.1. The molecule has 5 nitrogen and oxygen atoms in total. The van der Waals surface area contributed by atoms with Crippen molar-refractivity contribution in [2.24, 2.45) is 0 Å². The summed E-state index contributed by atoms with van der Waals surface area (Å²) in [5.74, 6) is 2.25. The Morgan fingerprint density at radius 2 is 1.78 bits per heavy atom. The normalized spacial score (nSPS) is 16.3. The topological polar surface area (TPSA) is 48.0 Å². The summed E-state index contributed by atoms with van der Waals surface area (Å²) < 4.78 is 16.7. The van der Waals surface area contributed by atoms with Gasteiger partial charge in [0, 0.05) is 12.1 Å². The molecule has 144 valence electrons. The zero-order chi connectivity index (χ0) is 19.4. The van der Waals surface area contributed by atoms with E-state index in [-0.39, 0.29) is 18.6 Å². The van der Waals surface area contributed by atoms with Gasteiger partial charge < -0.3 is 19.1 Å². The van der Waals surface area contributed by atoms with Crippen LogP contribution in [-0.2, 0) is 4.79 Å². The third-order valence-corrected chi connectivity index (χ3v) is 4.93. The van der Waals surface area contributed by atoms with Gasteiger partial charge in [-0.2, -0.15) is 0 Å². The number of rotatable bonds is 6. The Hall–Kier alpha value is -2.69. The summed E-state index contributed by atoms with van der Waals surface area (Å²) in [5.41, 5.74) is 3.23. The molecular weight excluding hydrogens is 342 g/mol. The fourth-order valence-electron chi connectivity index (χ4n) is 3.73. The number of benzene rings is 2. The smallest absolute Gasteiger partial charge is 0.261 e. The van der Waals surface area contributed by atoms with Gasteiger partial charge in [0.2, 0.25) is 0 Å². The predicted octanol–water partition coefficient (Wildman–Crippen LogP) is 4.06. The summed E-state index contributed by atoms with van der Waals surface area (Å²) in [4.78, 5) is 14.7. The second-order valence-corrected chi connectivity index (χ2v) is 6.97. The molecule has 1 amide bonds.